The molecule has 32 heavy (non-hydrogen) atoms. The van der Waals surface area contributed by atoms with Crippen LogP contribution in [0.1, 0.15) is 37.5 Å². The normalized spacial score (nSPS) is 10.6. The first-order valence-electron chi connectivity index (χ1n) is 9.73. The number of amides is 1. The number of carbonyl (C=O) groups excluding carboxylic acids is 2. The van der Waals surface area contributed by atoms with Crippen molar-refractivity contribution in [1.82, 2.24) is 9.78 Å². The number of methoxy groups -OCH3 is 3. The Morgan fingerprint density at radius 1 is 1.03 bits per heavy atom. The Bertz CT molecular complexity index is 1160. The zero-order valence-electron chi connectivity index (χ0n) is 18.5. The van der Waals surface area contributed by atoms with Crippen molar-refractivity contribution in [2.75, 3.05) is 26.6 Å². The number of hydrogen-bond donors (Lipinski definition) is 1. The molecule has 0 aliphatic rings. The maximum atomic E-state index is 13.1. The second-order valence-electron chi connectivity index (χ2n) is 7.09. The molecule has 1 N–H and O–H groups in total. The molecule has 0 spiro atoms. The molecule has 0 aliphatic heterocycles. The summed E-state index contributed by atoms with van der Waals surface area (Å²) in [5.41, 5.74) is 3.12. The van der Waals surface area contributed by atoms with Crippen molar-refractivity contribution in [3.63, 3.8) is 0 Å². The number of benzene rings is 2. The summed E-state index contributed by atoms with van der Waals surface area (Å²) in [4.78, 5) is 25.4. The Hall–Kier alpha value is -3.52. The van der Waals surface area contributed by atoms with E-state index in [1.54, 1.807) is 11.6 Å². The van der Waals surface area contributed by atoms with Crippen LogP contribution in [0.5, 0.6) is 11.5 Å². The molecule has 168 valence electrons. The summed E-state index contributed by atoms with van der Waals surface area (Å²) in [6.45, 7) is 4.12. The Balaban J connectivity index is 1.94. The second kappa shape index (κ2) is 9.74. The van der Waals surface area contributed by atoms with Gasteiger partial charge in [0.05, 0.1) is 50.4 Å². The first-order chi connectivity index (χ1) is 15.3. The number of carbonyl (C=O) groups is 2. The number of halogens is 1. The molecular weight excluding hydrogens is 434 g/mol. The van der Waals surface area contributed by atoms with Gasteiger partial charge >= 0.3 is 5.97 Å². The van der Waals surface area contributed by atoms with E-state index in [0.717, 1.165) is 11.1 Å². The van der Waals surface area contributed by atoms with Gasteiger partial charge in [0, 0.05) is 12.1 Å². The summed E-state index contributed by atoms with van der Waals surface area (Å²) >= 11 is 6.51. The number of anilines is 1. The zero-order valence-corrected chi connectivity index (χ0v) is 19.2. The van der Waals surface area contributed by atoms with Crippen LogP contribution in [-0.2, 0) is 11.3 Å². The van der Waals surface area contributed by atoms with Crippen LogP contribution in [-0.4, -0.2) is 43.0 Å². The number of esters is 1. The molecule has 0 radical (unpaired) electrons. The van der Waals surface area contributed by atoms with E-state index in [4.69, 9.17) is 25.8 Å². The highest BCUT2D eigenvalue weighted by Crippen LogP contribution is 2.34. The number of aromatic nitrogens is 2. The summed E-state index contributed by atoms with van der Waals surface area (Å²) in [6, 6.07) is 10.9. The van der Waals surface area contributed by atoms with E-state index in [9.17, 15) is 9.59 Å². The molecule has 0 saturated heterocycles. The summed E-state index contributed by atoms with van der Waals surface area (Å²) in [7, 11) is 4.15. The Kier molecular flexibility index (Phi) is 7.05. The van der Waals surface area contributed by atoms with Crippen LogP contribution in [0.15, 0.2) is 36.4 Å². The first-order valence-corrected chi connectivity index (χ1v) is 10.1. The highest BCUT2D eigenvalue weighted by atomic mass is 35.5. The lowest BCUT2D eigenvalue weighted by Gasteiger charge is -2.14. The molecule has 3 aromatic rings. The van der Waals surface area contributed by atoms with Gasteiger partial charge in [0.25, 0.3) is 5.91 Å². The van der Waals surface area contributed by atoms with Crippen LogP contribution in [0.25, 0.3) is 0 Å². The highest BCUT2D eigenvalue weighted by molar-refractivity contribution is 6.33. The summed E-state index contributed by atoms with van der Waals surface area (Å²) in [5.74, 6) is -0.487. The van der Waals surface area contributed by atoms with Crippen molar-refractivity contribution in [3.8, 4) is 11.5 Å². The number of nitrogens with zero attached hydrogens (tertiary/aromatic N) is 2. The number of ether oxygens (including phenoxy) is 3. The van der Waals surface area contributed by atoms with E-state index >= 15 is 0 Å². The van der Waals surface area contributed by atoms with Gasteiger partial charge in [0.2, 0.25) is 0 Å². The molecule has 1 heterocycles. The molecule has 0 atom stereocenters. The third-order valence-electron chi connectivity index (χ3n) is 4.92. The van der Waals surface area contributed by atoms with E-state index < -0.39 is 11.9 Å². The maximum absolute atomic E-state index is 13.1. The molecular formula is C23H24ClN3O5. The molecule has 2 aromatic carbocycles. The lowest BCUT2D eigenvalue weighted by atomic mass is 10.1. The standard InChI is InChI=1S/C23H24ClN3O5/c1-13-6-8-15(9-7-13)12-27-21(24)20(14(2)26-27)22(28)25-17-11-19(31-4)18(30-3)10-16(17)23(29)32-5/h6-11H,12H2,1-5H3,(H,25,28). The third kappa shape index (κ3) is 4.70. The molecule has 0 fully saturated rings. The van der Waals surface area contributed by atoms with Gasteiger partial charge in [-0.2, -0.15) is 5.10 Å². The Labute approximate surface area is 191 Å². The van der Waals surface area contributed by atoms with E-state index in [1.807, 2.05) is 31.2 Å². The summed E-state index contributed by atoms with van der Waals surface area (Å²) in [6.07, 6.45) is 0. The lowest BCUT2D eigenvalue weighted by Crippen LogP contribution is -2.17. The van der Waals surface area contributed by atoms with Crippen molar-refractivity contribution in [3.05, 3.63) is 69.5 Å². The van der Waals surface area contributed by atoms with Crippen molar-refractivity contribution < 1.29 is 23.8 Å². The van der Waals surface area contributed by atoms with Crippen LogP contribution in [0.4, 0.5) is 5.69 Å². The van der Waals surface area contributed by atoms with E-state index in [1.165, 1.54) is 33.5 Å². The van der Waals surface area contributed by atoms with Gasteiger partial charge in [0.15, 0.2) is 11.5 Å². The minimum atomic E-state index is -0.640. The molecule has 0 bridgehead atoms. The predicted octanol–water partition coefficient (Wildman–Crippen LogP) is 4.26. The van der Waals surface area contributed by atoms with Crippen molar-refractivity contribution in [2.45, 2.75) is 20.4 Å². The smallest absolute Gasteiger partial charge is 0.340 e. The van der Waals surface area contributed by atoms with Gasteiger partial charge in [-0.05, 0) is 19.4 Å². The minimum absolute atomic E-state index is 0.110. The molecule has 0 saturated carbocycles. The number of nitrogens with one attached hydrogen (secondary N) is 1. The molecule has 8 nitrogen and oxygen atoms in total. The average molecular weight is 458 g/mol. The monoisotopic (exact) mass is 457 g/mol. The van der Waals surface area contributed by atoms with Crippen molar-refractivity contribution in [1.29, 1.82) is 0 Å². The molecule has 0 aliphatic carbocycles. The average Bonchev–Trinajstić information content (AvgIpc) is 3.07. The van der Waals surface area contributed by atoms with E-state index in [2.05, 4.69) is 10.4 Å². The number of hydrogen-bond acceptors (Lipinski definition) is 6. The molecule has 3 rings (SSSR count). The van der Waals surface area contributed by atoms with Crippen molar-refractivity contribution in [2.24, 2.45) is 0 Å². The van der Waals surface area contributed by atoms with Gasteiger partial charge in [-0.25, -0.2) is 9.48 Å². The zero-order chi connectivity index (χ0) is 23.4. The van der Waals surface area contributed by atoms with E-state index in [-0.39, 0.29) is 22.0 Å². The third-order valence-corrected chi connectivity index (χ3v) is 5.31. The molecule has 1 amide bonds. The lowest BCUT2D eigenvalue weighted by molar-refractivity contribution is 0.0601. The highest BCUT2D eigenvalue weighted by Gasteiger charge is 2.24. The van der Waals surface area contributed by atoms with E-state index in [0.29, 0.717) is 23.7 Å². The quantitative estimate of drug-likeness (QED) is 0.533. The summed E-state index contributed by atoms with van der Waals surface area (Å²) < 4.78 is 16.9. The molecule has 9 heteroatoms. The fourth-order valence-electron chi connectivity index (χ4n) is 3.23. The fourth-order valence-corrected chi connectivity index (χ4v) is 3.55. The topological polar surface area (TPSA) is 91.7 Å². The van der Waals surface area contributed by atoms with Crippen LogP contribution < -0.4 is 14.8 Å². The second-order valence-corrected chi connectivity index (χ2v) is 7.45. The van der Waals surface area contributed by atoms with Crippen LogP contribution >= 0.6 is 11.6 Å². The van der Waals surface area contributed by atoms with Crippen molar-refractivity contribution >= 4 is 29.2 Å². The van der Waals surface area contributed by atoms with Gasteiger partial charge in [-0.3, -0.25) is 4.79 Å². The maximum Gasteiger partial charge on any atom is 0.340 e. The van der Waals surface area contributed by atoms with Crippen LogP contribution in [0.2, 0.25) is 5.15 Å². The van der Waals surface area contributed by atoms with Crippen LogP contribution in [0, 0.1) is 13.8 Å². The van der Waals surface area contributed by atoms with Gasteiger partial charge in [-0.15, -0.1) is 0 Å². The largest absolute Gasteiger partial charge is 0.493 e. The Morgan fingerprint density at radius 3 is 2.25 bits per heavy atom. The number of rotatable bonds is 7. The van der Waals surface area contributed by atoms with Gasteiger partial charge in [-0.1, -0.05) is 41.4 Å². The number of aryl methyl sites for hydroxylation is 2. The molecule has 0 unspecified atom stereocenters. The van der Waals surface area contributed by atoms with Gasteiger partial charge < -0.3 is 19.5 Å². The fraction of sp³-hybridized carbons (Fsp3) is 0.261. The predicted molar refractivity (Wildman–Crippen MR) is 121 cm³/mol. The summed E-state index contributed by atoms with van der Waals surface area (Å²) in [5, 5.41) is 7.33. The van der Waals surface area contributed by atoms with Crippen LogP contribution in [0.3, 0.4) is 0 Å². The SMILES string of the molecule is COC(=O)c1cc(OC)c(OC)cc1NC(=O)c1c(C)nn(Cc2ccc(C)cc2)c1Cl. The Morgan fingerprint density at radius 2 is 1.66 bits per heavy atom. The molecule has 1 aromatic heterocycles. The first kappa shape index (κ1) is 23.1. The minimum Gasteiger partial charge on any atom is -0.493 e. The van der Waals surface area contributed by atoms with Gasteiger partial charge in [0.1, 0.15) is 5.15 Å².